The lowest BCUT2D eigenvalue weighted by Gasteiger charge is -2.34. The summed E-state index contributed by atoms with van der Waals surface area (Å²) in [5, 5.41) is 2.94. The minimum absolute atomic E-state index is 0.00140. The fourth-order valence-electron chi connectivity index (χ4n) is 3.59. The first kappa shape index (κ1) is 23.4. The minimum atomic E-state index is -0.622. The molecule has 2 aromatic rings. The van der Waals surface area contributed by atoms with Crippen molar-refractivity contribution in [2.45, 2.75) is 46.1 Å². The molecule has 0 aromatic heterocycles. The third-order valence-corrected chi connectivity index (χ3v) is 5.58. The Balaban J connectivity index is 2.01. The van der Waals surface area contributed by atoms with E-state index in [2.05, 4.69) is 26.1 Å². The van der Waals surface area contributed by atoms with E-state index in [1.807, 2.05) is 55.5 Å². The number of nitrogens with zero attached hydrogens (tertiary/aromatic N) is 1. The molecule has 0 saturated carbocycles. The van der Waals surface area contributed by atoms with E-state index < -0.39 is 12.0 Å². The summed E-state index contributed by atoms with van der Waals surface area (Å²) >= 11 is 0. The van der Waals surface area contributed by atoms with E-state index in [4.69, 9.17) is 9.47 Å². The standard InChI is InChI=1S/C26H32N2O4/c1-7-31-24(29)22-21(16-32-20-14-8-17(2)9-15-20)28(6)25(30)27-23(22)18-10-12-19(13-11-18)26(3,4)5/h8-15,23H,7,16H2,1-6H3,(H,27,30)/t23-/m1/s1. The summed E-state index contributed by atoms with van der Waals surface area (Å²) in [5.74, 6) is 0.198. The van der Waals surface area contributed by atoms with Gasteiger partial charge >= 0.3 is 12.0 Å². The van der Waals surface area contributed by atoms with Gasteiger partial charge in [0.25, 0.3) is 0 Å². The topological polar surface area (TPSA) is 67.9 Å². The van der Waals surface area contributed by atoms with Crippen LogP contribution < -0.4 is 10.1 Å². The van der Waals surface area contributed by atoms with Gasteiger partial charge in [0.2, 0.25) is 0 Å². The number of carbonyl (C=O) groups excluding carboxylic acids is 2. The smallest absolute Gasteiger partial charge is 0.338 e. The molecular formula is C26H32N2O4. The molecule has 0 fully saturated rings. The molecule has 1 heterocycles. The third kappa shape index (κ3) is 5.13. The molecule has 170 valence electrons. The summed E-state index contributed by atoms with van der Waals surface area (Å²) in [4.78, 5) is 27.2. The zero-order valence-corrected chi connectivity index (χ0v) is 19.7. The van der Waals surface area contributed by atoms with Gasteiger partial charge in [-0.25, -0.2) is 9.59 Å². The maximum Gasteiger partial charge on any atom is 0.338 e. The molecule has 3 rings (SSSR count). The number of hydrogen-bond donors (Lipinski definition) is 1. The zero-order valence-electron chi connectivity index (χ0n) is 19.7. The Morgan fingerprint density at radius 2 is 1.69 bits per heavy atom. The van der Waals surface area contributed by atoms with E-state index in [0.29, 0.717) is 17.0 Å². The third-order valence-electron chi connectivity index (χ3n) is 5.58. The SMILES string of the molecule is CCOC(=O)C1=C(COc2ccc(C)cc2)N(C)C(=O)N[C@@H]1c1ccc(C(C)(C)C)cc1. The molecule has 1 atom stereocenters. The predicted molar refractivity (Wildman–Crippen MR) is 125 cm³/mol. The fraction of sp³-hybridized carbons (Fsp3) is 0.385. The molecule has 0 aliphatic carbocycles. The summed E-state index contributed by atoms with van der Waals surface area (Å²) in [6.07, 6.45) is 0. The van der Waals surface area contributed by atoms with Gasteiger partial charge in [0.1, 0.15) is 12.4 Å². The van der Waals surface area contributed by atoms with Crippen molar-refractivity contribution in [2.24, 2.45) is 0 Å². The number of esters is 1. The average molecular weight is 437 g/mol. The number of hydrogen-bond acceptors (Lipinski definition) is 4. The van der Waals surface area contributed by atoms with Gasteiger partial charge in [-0.3, -0.25) is 4.90 Å². The Hall–Kier alpha value is -3.28. The number of likely N-dealkylation sites (N-methyl/N-ethyl adjacent to an activating group) is 1. The van der Waals surface area contributed by atoms with E-state index in [1.54, 1.807) is 14.0 Å². The van der Waals surface area contributed by atoms with E-state index in [1.165, 1.54) is 10.5 Å². The number of rotatable bonds is 6. The summed E-state index contributed by atoms with van der Waals surface area (Å²) in [7, 11) is 1.63. The van der Waals surface area contributed by atoms with Crippen LogP contribution in [0, 0.1) is 6.92 Å². The average Bonchev–Trinajstić information content (AvgIpc) is 2.75. The van der Waals surface area contributed by atoms with Crippen LogP contribution in [-0.4, -0.2) is 37.2 Å². The molecule has 32 heavy (non-hydrogen) atoms. The monoisotopic (exact) mass is 436 g/mol. The van der Waals surface area contributed by atoms with E-state index in [0.717, 1.165) is 11.1 Å². The number of nitrogens with one attached hydrogen (secondary N) is 1. The normalized spacial score (nSPS) is 16.6. The second-order valence-corrected chi connectivity index (χ2v) is 9.00. The molecular weight excluding hydrogens is 404 g/mol. The number of urea groups is 1. The van der Waals surface area contributed by atoms with Crippen molar-refractivity contribution in [3.8, 4) is 5.75 Å². The number of aryl methyl sites for hydroxylation is 1. The summed E-state index contributed by atoms with van der Waals surface area (Å²) < 4.78 is 11.3. The molecule has 1 aliphatic rings. The molecule has 0 bridgehead atoms. The molecule has 2 amide bonds. The van der Waals surface area contributed by atoms with Crippen molar-refractivity contribution >= 4 is 12.0 Å². The molecule has 1 aliphatic heterocycles. The first-order valence-corrected chi connectivity index (χ1v) is 10.9. The molecule has 2 aromatic carbocycles. The minimum Gasteiger partial charge on any atom is -0.487 e. The van der Waals surface area contributed by atoms with Gasteiger partial charge in [-0.1, -0.05) is 62.7 Å². The van der Waals surface area contributed by atoms with Crippen LogP contribution in [0.3, 0.4) is 0 Å². The molecule has 0 saturated heterocycles. The Morgan fingerprint density at radius 3 is 2.25 bits per heavy atom. The largest absolute Gasteiger partial charge is 0.487 e. The number of amides is 2. The van der Waals surface area contributed by atoms with E-state index in [9.17, 15) is 9.59 Å². The highest BCUT2D eigenvalue weighted by atomic mass is 16.5. The van der Waals surface area contributed by atoms with Crippen molar-refractivity contribution in [3.05, 3.63) is 76.5 Å². The lowest BCUT2D eigenvalue weighted by molar-refractivity contribution is -0.139. The van der Waals surface area contributed by atoms with E-state index >= 15 is 0 Å². The van der Waals surface area contributed by atoms with Crippen LogP contribution in [0.5, 0.6) is 5.75 Å². The molecule has 0 spiro atoms. The second-order valence-electron chi connectivity index (χ2n) is 9.00. The molecule has 0 unspecified atom stereocenters. The van der Waals surface area contributed by atoms with Crippen molar-refractivity contribution in [1.82, 2.24) is 10.2 Å². The van der Waals surface area contributed by atoms with Crippen molar-refractivity contribution < 1.29 is 19.1 Å². The second kappa shape index (κ2) is 9.47. The summed E-state index contributed by atoms with van der Waals surface area (Å²) in [6, 6.07) is 14.7. The Kier molecular flexibility index (Phi) is 6.92. The van der Waals surface area contributed by atoms with Gasteiger partial charge < -0.3 is 14.8 Å². The first-order chi connectivity index (χ1) is 15.1. The van der Waals surface area contributed by atoms with Crippen LogP contribution in [0.4, 0.5) is 4.79 Å². The first-order valence-electron chi connectivity index (χ1n) is 10.9. The summed E-state index contributed by atoms with van der Waals surface area (Å²) in [6.45, 7) is 10.5. The number of benzene rings is 2. The van der Waals surface area contributed by atoms with Gasteiger partial charge in [0, 0.05) is 7.05 Å². The fourth-order valence-corrected chi connectivity index (χ4v) is 3.59. The van der Waals surface area contributed by atoms with E-state index in [-0.39, 0.29) is 24.7 Å². The maximum atomic E-state index is 13.0. The van der Waals surface area contributed by atoms with Gasteiger partial charge in [-0.2, -0.15) is 0 Å². The van der Waals surface area contributed by atoms with Crippen LogP contribution >= 0.6 is 0 Å². The Morgan fingerprint density at radius 1 is 1.06 bits per heavy atom. The molecule has 0 radical (unpaired) electrons. The number of carbonyl (C=O) groups is 2. The highest BCUT2D eigenvalue weighted by Crippen LogP contribution is 2.33. The highest BCUT2D eigenvalue weighted by molar-refractivity contribution is 5.95. The van der Waals surface area contributed by atoms with Crippen LogP contribution in [0.2, 0.25) is 0 Å². The lowest BCUT2D eigenvalue weighted by atomic mass is 9.85. The van der Waals surface area contributed by atoms with Crippen molar-refractivity contribution in [3.63, 3.8) is 0 Å². The molecule has 6 heteroatoms. The van der Waals surface area contributed by atoms with Gasteiger partial charge in [0.15, 0.2) is 0 Å². The van der Waals surface area contributed by atoms with Crippen LogP contribution in [0.1, 0.15) is 50.4 Å². The predicted octanol–water partition coefficient (Wildman–Crippen LogP) is 4.88. The van der Waals surface area contributed by atoms with Crippen molar-refractivity contribution in [2.75, 3.05) is 20.3 Å². The van der Waals surface area contributed by atoms with Crippen LogP contribution in [0.15, 0.2) is 59.8 Å². The Bertz CT molecular complexity index is 1000. The van der Waals surface area contributed by atoms with Gasteiger partial charge in [-0.15, -0.1) is 0 Å². The quantitative estimate of drug-likeness (QED) is 0.655. The lowest BCUT2D eigenvalue weighted by Crippen LogP contribution is -2.48. The van der Waals surface area contributed by atoms with Gasteiger partial charge in [-0.05, 0) is 42.5 Å². The summed E-state index contributed by atoms with van der Waals surface area (Å²) in [5.41, 5.74) is 3.97. The zero-order chi connectivity index (χ0) is 23.5. The molecule has 1 N–H and O–H groups in total. The number of ether oxygens (including phenoxy) is 2. The molecule has 6 nitrogen and oxygen atoms in total. The van der Waals surface area contributed by atoms with Crippen LogP contribution in [-0.2, 0) is 14.9 Å². The van der Waals surface area contributed by atoms with Crippen LogP contribution in [0.25, 0.3) is 0 Å². The van der Waals surface area contributed by atoms with Gasteiger partial charge in [0.05, 0.1) is 23.9 Å². The Labute approximate surface area is 190 Å². The maximum absolute atomic E-state index is 13.0. The van der Waals surface area contributed by atoms with Crippen molar-refractivity contribution in [1.29, 1.82) is 0 Å². The highest BCUT2D eigenvalue weighted by Gasteiger charge is 2.37.